The number of nitrogens with zero attached hydrogens (tertiary/aromatic N) is 3. The van der Waals surface area contributed by atoms with Crippen molar-refractivity contribution in [1.82, 2.24) is 9.88 Å². The number of aromatic nitrogens is 1. The Kier molecular flexibility index (Phi) is 4.17. The van der Waals surface area contributed by atoms with Crippen LogP contribution < -0.4 is 4.90 Å². The Balaban J connectivity index is 2.23. The molecule has 0 amide bonds. The van der Waals surface area contributed by atoms with Gasteiger partial charge in [0.15, 0.2) is 5.78 Å². The monoisotopic (exact) mass is 263 g/mol. The van der Waals surface area contributed by atoms with Crippen molar-refractivity contribution in [1.29, 1.82) is 0 Å². The molecule has 2 heterocycles. The van der Waals surface area contributed by atoms with E-state index in [0.29, 0.717) is 12.1 Å². The average molecular weight is 263 g/mol. The third kappa shape index (κ3) is 3.30. The SMILES string of the molecule is CC(=O)c1ccnc(N2CC(O)CC2CN(C)C)c1. The number of hydrogen-bond donors (Lipinski definition) is 1. The van der Waals surface area contributed by atoms with Crippen molar-refractivity contribution in [2.24, 2.45) is 0 Å². The van der Waals surface area contributed by atoms with Crippen LogP contribution in [0.15, 0.2) is 18.3 Å². The second-order valence-electron chi connectivity index (χ2n) is 5.42. The number of pyridine rings is 1. The summed E-state index contributed by atoms with van der Waals surface area (Å²) >= 11 is 0. The molecule has 5 heteroatoms. The van der Waals surface area contributed by atoms with Gasteiger partial charge < -0.3 is 14.9 Å². The third-order valence-electron chi connectivity index (χ3n) is 3.41. The minimum absolute atomic E-state index is 0.0348. The van der Waals surface area contributed by atoms with E-state index in [2.05, 4.69) is 14.8 Å². The van der Waals surface area contributed by atoms with Crippen molar-refractivity contribution < 1.29 is 9.90 Å². The average Bonchev–Trinajstić information content (AvgIpc) is 2.69. The fourth-order valence-corrected chi connectivity index (χ4v) is 2.56. The molecule has 0 aromatic carbocycles. The van der Waals surface area contributed by atoms with Crippen molar-refractivity contribution in [3.05, 3.63) is 23.9 Å². The van der Waals surface area contributed by atoms with E-state index in [-0.39, 0.29) is 17.9 Å². The molecule has 2 rings (SSSR count). The van der Waals surface area contributed by atoms with Gasteiger partial charge in [-0.25, -0.2) is 4.98 Å². The van der Waals surface area contributed by atoms with Gasteiger partial charge in [-0.2, -0.15) is 0 Å². The topological polar surface area (TPSA) is 56.7 Å². The normalized spacial score (nSPS) is 23.1. The number of likely N-dealkylation sites (N-methyl/N-ethyl adjacent to an activating group) is 1. The predicted octanol–water partition coefficient (Wildman–Crippen LogP) is 0.785. The van der Waals surface area contributed by atoms with Gasteiger partial charge in [-0.15, -0.1) is 0 Å². The molecule has 5 nitrogen and oxygen atoms in total. The van der Waals surface area contributed by atoms with E-state index in [9.17, 15) is 9.90 Å². The number of β-amino-alcohol motifs (C(OH)–C–C–N with tert-alkyl or cyclic N) is 1. The molecule has 1 aromatic rings. The second kappa shape index (κ2) is 5.67. The molecule has 0 aliphatic carbocycles. The van der Waals surface area contributed by atoms with E-state index >= 15 is 0 Å². The molecule has 1 aliphatic heterocycles. The number of ketones is 1. The van der Waals surface area contributed by atoms with Crippen LogP contribution in [0.3, 0.4) is 0 Å². The summed E-state index contributed by atoms with van der Waals surface area (Å²) in [5.41, 5.74) is 0.662. The van der Waals surface area contributed by atoms with Crippen LogP contribution in [0.5, 0.6) is 0 Å². The van der Waals surface area contributed by atoms with Crippen LogP contribution >= 0.6 is 0 Å². The number of rotatable bonds is 4. The van der Waals surface area contributed by atoms with Crippen LogP contribution in [0.2, 0.25) is 0 Å². The summed E-state index contributed by atoms with van der Waals surface area (Å²) in [5, 5.41) is 9.87. The standard InChI is InChI=1S/C14H21N3O2/c1-10(18)11-4-5-15-14(6-11)17-9-13(19)7-12(17)8-16(2)3/h4-6,12-13,19H,7-9H2,1-3H3. The number of aliphatic hydroxyl groups is 1. The van der Waals surface area contributed by atoms with E-state index in [0.717, 1.165) is 18.8 Å². The summed E-state index contributed by atoms with van der Waals surface area (Å²) < 4.78 is 0. The first-order valence-electron chi connectivity index (χ1n) is 6.54. The highest BCUT2D eigenvalue weighted by molar-refractivity contribution is 5.94. The van der Waals surface area contributed by atoms with Gasteiger partial charge >= 0.3 is 0 Å². The molecule has 0 bridgehead atoms. The lowest BCUT2D eigenvalue weighted by atomic mass is 10.1. The lowest BCUT2D eigenvalue weighted by molar-refractivity contribution is 0.101. The van der Waals surface area contributed by atoms with Gasteiger partial charge in [-0.3, -0.25) is 4.79 Å². The maximum absolute atomic E-state index is 11.4. The van der Waals surface area contributed by atoms with Crippen LogP contribution in [0.25, 0.3) is 0 Å². The van der Waals surface area contributed by atoms with E-state index in [1.54, 1.807) is 19.2 Å². The molecule has 1 N–H and O–H groups in total. The zero-order valence-electron chi connectivity index (χ0n) is 11.7. The summed E-state index contributed by atoms with van der Waals surface area (Å²) in [7, 11) is 4.03. The molecule has 0 spiro atoms. The summed E-state index contributed by atoms with van der Waals surface area (Å²) in [5.74, 6) is 0.809. The number of carbonyl (C=O) groups excluding carboxylic acids is 1. The van der Waals surface area contributed by atoms with Gasteiger partial charge in [0, 0.05) is 30.9 Å². The Hall–Kier alpha value is -1.46. The molecule has 0 saturated carbocycles. The highest BCUT2D eigenvalue weighted by Crippen LogP contribution is 2.25. The molecule has 1 aliphatic rings. The van der Waals surface area contributed by atoms with E-state index in [1.807, 2.05) is 20.2 Å². The minimum atomic E-state index is -0.326. The Morgan fingerprint density at radius 2 is 2.32 bits per heavy atom. The van der Waals surface area contributed by atoms with Crippen LogP contribution in [0.4, 0.5) is 5.82 Å². The Morgan fingerprint density at radius 3 is 2.95 bits per heavy atom. The molecule has 1 aromatic heterocycles. The molecule has 2 unspecified atom stereocenters. The van der Waals surface area contributed by atoms with Crippen molar-refractivity contribution in [3.8, 4) is 0 Å². The van der Waals surface area contributed by atoms with Crippen molar-refractivity contribution >= 4 is 11.6 Å². The smallest absolute Gasteiger partial charge is 0.159 e. The van der Waals surface area contributed by atoms with Gasteiger partial charge in [0.25, 0.3) is 0 Å². The van der Waals surface area contributed by atoms with Crippen LogP contribution in [0, 0.1) is 0 Å². The maximum Gasteiger partial charge on any atom is 0.159 e. The lowest BCUT2D eigenvalue weighted by Gasteiger charge is -2.27. The van der Waals surface area contributed by atoms with Crippen molar-refractivity contribution in [2.45, 2.75) is 25.5 Å². The van der Waals surface area contributed by atoms with Crippen LogP contribution in [-0.4, -0.2) is 60.1 Å². The Bertz CT molecular complexity index is 462. The predicted molar refractivity (Wildman–Crippen MR) is 74.6 cm³/mol. The lowest BCUT2D eigenvalue weighted by Crippen LogP contribution is -2.38. The first-order chi connectivity index (χ1) is 8.97. The molecular weight excluding hydrogens is 242 g/mol. The molecule has 1 saturated heterocycles. The van der Waals surface area contributed by atoms with Gasteiger partial charge in [-0.1, -0.05) is 0 Å². The first kappa shape index (κ1) is 14.0. The first-order valence-corrected chi connectivity index (χ1v) is 6.54. The highest BCUT2D eigenvalue weighted by Gasteiger charge is 2.32. The molecule has 1 fully saturated rings. The number of aliphatic hydroxyl groups excluding tert-OH is 1. The minimum Gasteiger partial charge on any atom is -0.391 e. The number of Topliss-reactive ketones (excluding diaryl/α,β-unsaturated/α-hetero) is 1. The molecule has 104 valence electrons. The van der Waals surface area contributed by atoms with Crippen molar-refractivity contribution in [3.63, 3.8) is 0 Å². The van der Waals surface area contributed by atoms with E-state index in [1.165, 1.54) is 0 Å². The summed E-state index contributed by atoms with van der Waals surface area (Å²) in [6.07, 6.45) is 2.07. The van der Waals surface area contributed by atoms with E-state index in [4.69, 9.17) is 0 Å². The fraction of sp³-hybridized carbons (Fsp3) is 0.571. The molecule has 0 radical (unpaired) electrons. The van der Waals surface area contributed by atoms with E-state index < -0.39 is 0 Å². The summed E-state index contributed by atoms with van der Waals surface area (Å²) in [4.78, 5) is 20.0. The van der Waals surface area contributed by atoms with Gasteiger partial charge in [-0.05, 0) is 39.6 Å². The summed E-state index contributed by atoms with van der Waals surface area (Å²) in [6.45, 7) is 2.99. The third-order valence-corrected chi connectivity index (χ3v) is 3.41. The number of carbonyl (C=O) groups is 1. The second-order valence-corrected chi connectivity index (χ2v) is 5.42. The quantitative estimate of drug-likeness (QED) is 0.814. The van der Waals surface area contributed by atoms with Crippen molar-refractivity contribution in [2.75, 3.05) is 32.1 Å². The van der Waals surface area contributed by atoms with Gasteiger partial charge in [0.2, 0.25) is 0 Å². The molecule has 2 atom stereocenters. The van der Waals surface area contributed by atoms with Crippen LogP contribution in [-0.2, 0) is 0 Å². The highest BCUT2D eigenvalue weighted by atomic mass is 16.3. The number of anilines is 1. The zero-order chi connectivity index (χ0) is 14.0. The molecule has 19 heavy (non-hydrogen) atoms. The molecular formula is C14H21N3O2. The fourth-order valence-electron chi connectivity index (χ4n) is 2.56. The van der Waals surface area contributed by atoms with Gasteiger partial charge in [0.05, 0.1) is 6.10 Å². The number of hydrogen-bond acceptors (Lipinski definition) is 5. The largest absolute Gasteiger partial charge is 0.391 e. The van der Waals surface area contributed by atoms with Gasteiger partial charge in [0.1, 0.15) is 5.82 Å². The van der Waals surface area contributed by atoms with Crippen LogP contribution in [0.1, 0.15) is 23.7 Å². The maximum atomic E-state index is 11.4. The Labute approximate surface area is 113 Å². The Morgan fingerprint density at radius 1 is 1.58 bits per heavy atom. The zero-order valence-corrected chi connectivity index (χ0v) is 11.7. The summed E-state index contributed by atoms with van der Waals surface area (Å²) in [6, 6.07) is 3.77.